The number of rotatable bonds is 15. The van der Waals surface area contributed by atoms with Crippen molar-refractivity contribution in [1.29, 1.82) is 0 Å². The van der Waals surface area contributed by atoms with E-state index < -0.39 is 47.7 Å². The van der Waals surface area contributed by atoms with Crippen molar-refractivity contribution in [1.82, 2.24) is 16.0 Å². The fraction of sp³-hybridized carbons (Fsp3) is 0.556. The minimum Gasteiger partial charge on any atom is -0.459 e. The second-order valence-corrected chi connectivity index (χ2v) is 11.0. The fourth-order valence-electron chi connectivity index (χ4n) is 3.25. The Hall–Kier alpha value is -3.21. The van der Waals surface area contributed by atoms with Crippen LogP contribution in [0.25, 0.3) is 0 Å². The highest BCUT2D eigenvalue weighted by molar-refractivity contribution is 7.98. The number of nitrogens with one attached hydrogen (secondary N) is 4. The zero-order valence-corrected chi connectivity index (χ0v) is 24.0. The Morgan fingerprint density at radius 2 is 1.63 bits per heavy atom. The van der Waals surface area contributed by atoms with E-state index >= 15 is 0 Å². The molecule has 3 atom stereocenters. The van der Waals surface area contributed by atoms with Crippen molar-refractivity contribution in [2.24, 2.45) is 5.92 Å². The molecular weight excluding hydrogens is 508 g/mol. The Morgan fingerprint density at radius 1 is 1.00 bits per heavy atom. The van der Waals surface area contributed by atoms with Crippen LogP contribution in [0, 0.1) is 5.92 Å². The molecule has 0 radical (unpaired) electrons. The summed E-state index contributed by atoms with van der Waals surface area (Å²) < 4.78 is 10.4. The molecule has 1 rings (SSSR count). The van der Waals surface area contributed by atoms with E-state index in [9.17, 15) is 19.2 Å². The second kappa shape index (κ2) is 16.6. The van der Waals surface area contributed by atoms with Crippen molar-refractivity contribution in [3.63, 3.8) is 0 Å². The van der Waals surface area contributed by atoms with Crippen molar-refractivity contribution in [3.05, 3.63) is 43.0 Å². The molecule has 0 bridgehead atoms. The molecule has 1 aromatic rings. The van der Waals surface area contributed by atoms with Gasteiger partial charge in [0.25, 0.3) is 0 Å². The number of para-hydroxylation sites is 1. The standard InChI is InChI=1S/C27H42N4O6S/c1-8-15-36-25(34)22(28-19-12-10-9-11-13-19)31-24(33)21(17-18(2)3)29-23(32)20(14-16-38-7)30-26(35)37-27(4,5)6/h8-13,18,20-22,28H,1,14-17H2,2-7H3,(H,29,32)(H,30,35)(H,31,33)/t20-,21-,22+/m0/s1. The van der Waals surface area contributed by atoms with Crippen LogP contribution < -0.4 is 21.3 Å². The second-order valence-electron chi connectivity index (χ2n) is 10.0. The van der Waals surface area contributed by atoms with Crippen LogP contribution in [0.4, 0.5) is 10.5 Å². The van der Waals surface area contributed by atoms with Crippen LogP contribution in [0.3, 0.4) is 0 Å². The topological polar surface area (TPSA) is 135 Å². The first kappa shape index (κ1) is 32.8. The molecule has 0 aliphatic rings. The molecule has 4 N–H and O–H groups in total. The number of amides is 3. The van der Waals surface area contributed by atoms with Gasteiger partial charge in [-0.25, -0.2) is 9.59 Å². The van der Waals surface area contributed by atoms with Gasteiger partial charge < -0.3 is 30.7 Å². The number of alkyl carbamates (subject to hydrolysis) is 1. The van der Waals surface area contributed by atoms with E-state index in [1.54, 1.807) is 45.0 Å². The molecule has 0 spiro atoms. The highest BCUT2D eigenvalue weighted by Crippen LogP contribution is 2.11. The first-order valence-electron chi connectivity index (χ1n) is 12.5. The van der Waals surface area contributed by atoms with E-state index in [1.807, 2.05) is 26.2 Å². The summed E-state index contributed by atoms with van der Waals surface area (Å²) in [4.78, 5) is 51.6. The average molecular weight is 551 g/mol. The Kier molecular flexibility index (Phi) is 14.3. The number of thioether (sulfide) groups is 1. The van der Waals surface area contributed by atoms with Gasteiger partial charge >= 0.3 is 12.1 Å². The van der Waals surface area contributed by atoms with Crippen molar-refractivity contribution >= 4 is 41.3 Å². The summed E-state index contributed by atoms with van der Waals surface area (Å²) in [6, 6.07) is 7.00. The minimum atomic E-state index is -1.21. The molecule has 0 heterocycles. The van der Waals surface area contributed by atoms with E-state index in [4.69, 9.17) is 9.47 Å². The Bertz CT molecular complexity index is 920. The Labute approximate surface area is 230 Å². The molecule has 0 aliphatic carbocycles. The van der Waals surface area contributed by atoms with E-state index in [0.717, 1.165) is 0 Å². The van der Waals surface area contributed by atoms with Gasteiger partial charge in [-0.05, 0) is 63.7 Å². The van der Waals surface area contributed by atoms with Gasteiger partial charge in [0.05, 0.1) is 0 Å². The number of esters is 1. The number of anilines is 1. The smallest absolute Gasteiger partial charge is 0.408 e. The summed E-state index contributed by atoms with van der Waals surface area (Å²) in [7, 11) is 0. The van der Waals surface area contributed by atoms with Crippen LogP contribution in [0.2, 0.25) is 0 Å². The van der Waals surface area contributed by atoms with E-state index in [0.29, 0.717) is 24.3 Å². The Balaban J connectivity index is 3.06. The predicted molar refractivity (Wildman–Crippen MR) is 151 cm³/mol. The SMILES string of the molecule is C=CCOC(=O)[C@@H](NC(=O)[C@H](CC(C)C)NC(=O)[C@H](CCSC)NC(=O)OC(C)(C)C)Nc1ccccc1. The number of benzene rings is 1. The summed E-state index contributed by atoms with van der Waals surface area (Å²) in [6.45, 7) is 12.5. The van der Waals surface area contributed by atoms with Gasteiger partial charge in [0.2, 0.25) is 11.8 Å². The third-order valence-electron chi connectivity index (χ3n) is 4.91. The van der Waals surface area contributed by atoms with Gasteiger partial charge in [0.1, 0.15) is 24.3 Å². The fourth-order valence-corrected chi connectivity index (χ4v) is 3.72. The number of hydrogen-bond acceptors (Lipinski definition) is 8. The molecule has 0 aliphatic heterocycles. The molecule has 0 saturated carbocycles. The number of ether oxygens (including phenoxy) is 2. The van der Waals surface area contributed by atoms with Crippen molar-refractivity contribution in [3.8, 4) is 0 Å². The van der Waals surface area contributed by atoms with Crippen LogP contribution in [-0.2, 0) is 23.9 Å². The van der Waals surface area contributed by atoms with E-state index in [2.05, 4.69) is 27.8 Å². The lowest BCUT2D eigenvalue weighted by atomic mass is 10.0. The summed E-state index contributed by atoms with van der Waals surface area (Å²) in [5.41, 5.74) is -0.137. The van der Waals surface area contributed by atoms with Crippen LogP contribution >= 0.6 is 11.8 Å². The molecule has 11 heteroatoms. The minimum absolute atomic E-state index is 0.0265. The third-order valence-corrected chi connectivity index (χ3v) is 5.55. The maximum absolute atomic E-state index is 13.3. The van der Waals surface area contributed by atoms with Gasteiger partial charge in [0.15, 0.2) is 6.17 Å². The predicted octanol–water partition coefficient (Wildman–Crippen LogP) is 3.45. The zero-order valence-electron chi connectivity index (χ0n) is 23.2. The van der Waals surface area contributed by atoms with Gasteiger partial charge in [-0.3, -0.25) is 9.59 Å². The van der Waals surface area contributed by atoms with Crippen molar-refractivity contribution in [2.45, 2.75) is 71.3 Å². The van der Waals surface area contributed by atoms with Gasteiger partial charge in [-0.15, -0.1) is 0 Å². The van der Waals surface area contributed by atoms with Crippen LogP contribution in [0.5, 0.6) is 0 Å². The van der Waals surface area contributed by atoms with E-state index in [1.165, 1.54) is 17.8 Å². The van der Waals surface area contributed by atoms with Gasteiger partial charge in [-0.1, -0.05) is 44.7 Å². The molecule has 0 unspecified atom stereocenters. The number of hydrogen-bond donors (Lipinski definition) is 4. The normalized spacial score (nSPS) is 13.4. The molecule has 0 fully saturated rings. The summed E-state index contributed by atoms with van der Waals surface area (Å²) in [5, 5.41) is 11.0. The highest BCUT2D eigenvalue weighted by Gasteiger charge is 2.31. The van der Waals surface area contributed by atoms with Gasteiger partial charge in [-0.2, -0.15) is 11.8 Å². The Morgan fingerprint density at radius 3 is 2.18 bits per heavy atom. The largest absolute Gasteiger partial charge is 0.459 e. The lowest BCUT2D eigenvalue weighted by Crippen LogP contribution is -2.57. The molecule has 3 amide bonds. The summed E-state index contributed by atoms with van der Waals surface area (Å²) in [5.74, 6) is -1.15. The first-order valence-corrected chi connectivity index (χ1v) is 13.9. The van der Waals surface area contributed by atoms with Crippen molar-refractivity contribution < 1.29 is 28.7 Å². The molecule has 10 nitrogen and oxygen atoms in total. The summed E-state index contributed by atoms with van der Waals surface area (Å²) >= 11 is 1.52. The lowest BCUT2D eigenvalue weighted by molar-refractivity contribution is -0.146. The first-order chi connectivity index (χ1) is 17.9. The lowest BCUT2D eigenvalue weighted by Gasteiger charge is -2.27. The molecule has 38 heavy (non-hydrogen) atoms. The number of carbonyl (C=O) groups excluding carboxylic acids is 4. The van der Waals surface area contributed by atoms with E-state index in [-0.39, 0.29) is 12.5 Å². The molecule has 0 aromatic heterocycles. The van der Waals surface area contributed by atoms with Crippen LogP contribution in [0.1, 0.15) is 47.5 Å². The molecule has 0 saturated heterocycles. The van der Waals surface area contributed by atoms with Gasteiger partial charge in [0, 0.05) is 5.69 Å². The third kappa shape index (κ3) is 13.4. The number of carbonyl (C=O) groups is 4. The quantitative estimate of drug-likeness (QED) is 0.148. The highest BCUT2D eigenvalue weighted by atomic mass is 32.2. The molecule has 212 valence electrons. The van der Waals surface area contributed by atoms with Crippen LogP contribution in [0.15, 0.2) is 43.0 Å². The summed E-state index contributed by atoms with van der Waals surface area (Å²) in [6.07, 6.45) is 2.04. The van der Waals surface area contributed by atoms with Crippen molar-refractivity contribution in [2.75, 3.05) is 23.9 Å². The molecular formula is C27H42N4O6S. The average Bonchev–Trinajstić information content (AvgIpc) is 2.83. The van der Waals surface area contributed by atoms with Crippen LogP contribution in [-0.4, -0.2) is 66.3 Å². The zero-order chi connectivity index (χ0) is 28.7. The maximum Gasteiger partial charge on any atom is 0.408 e. The maximum atomic E-state index is 13.3. The monoisotopic (exact) mass is 550 g/mol. The molecule has 1 aromatic carbocycles.